The molecule has 1 atom stereocenters. The Morgan fingerprint density at radius 3 is 2.26 bits per heavy atom. The van der Waals surface area contributed by atoms with Crippen molar-refractivity contribution in [2.45, 2.75) is 52.8 Å². The standard InChI is InChI=1S/C26H27Cl3N2O4/c1-15-8-6-9-16(2)23(15)30-25(33)26(4,5)31(14-18-10-7-11-34-18)24(32)17(3)35-22-13-20(28)19(27)12-21(22)29/h6-13,17H,14H2,1-5H3,(H,30,33). The van der Waals surface area contributed by atoms with E-state index in [-0.39, 0.29) is 33.3 Å². The molecule has 0 bridgehead atoms. The van der Waals surface area contributed by atoms with E-state index in [4.69, 9.17) is 44.0 Å². The minimum atomic E-state index is -1.27. The van der Waals surface area contributed by atoms with Gasteiger partial charge in [-0.25, -0.2) is 0 Å². The van der Waals surface area contributed by atoms with Crippen molar-refractivity contribution < 1.29 is 18.7 Å². The molecule has 1 heterocycles. The quantitative estimate of drug-likeness (QED) is 0.312. The summed E-state index contributed by atoms with van der Waals surface area (Å²) in [5, 5.41) is 3.71. The van der Waals surface area contributed by atoms with E-state index < -0.39 is 17.6 Å². The molecule has 6 nitrogen and oxygen atoms in total. The van der Waals surface area contributed by atoms with Gasteiger partial charge in [-0.05, 0) is 63.9 Å². The predicted octanol–water partition coefficient (Wildman–Crippen LogP) is 7.07. The van der Waals surface area contributed by atoms with Crippen LogP contribution < -0.4 is 10.1 Å². The Hall–Kier alpha value is -2.67. The topological polar surface area (TPSA) is 71.8 Å². The molecule has 0 aliphatic heterocycles. The number of carbonyl (C=O) groups excluding carboxylic acids is 2. The fraction of sp³-hybridized carbons (Fsp3) is 0.308. The number of halogens is 3. The van der Waals surface area contributed by atoms with Gasteiger partial charge in [0.05, 0.1) is 27.9 Å². The summed E-state index contributed by atoms with van der Waals surface area (Å²) in [5.74, 6) is -0.0662. The number of nitrogens with zero attached hydrogens (tertiary/aromatic N) is 1. The number of rotatable bonds is 8. The van der Waals surface area contributed by atoms with Gasteiger partial charge in [0.2, 0.25) is 5.91 Å². The zero-order valence-corrected chi connectivity index (χ0v) is 22.4. The lowest BCUT2D eigenvalue weighted by Crippen LogP contribution is -2.57. The van der Waals surface area contributed by atoms with Crippen LogP contribution in [0.5, 0.6) is 5.75 Å². The molecule has 0 saturated carbocycles. The number of furan rings is 1. The molecule has 3 aromatic rings. The molecular weight excluding hydrogens is 511 g/mol. The van der Waals surface area contributed by atoms with Crippen molar-refractivity contribution in [2.75, 3.05) is 5.32 Å². The molecule has 9 heteroatoms. The number of nitrogens with one attached hydrogen (secondary N) is 1. The Bertz CT molecular complexity index is 1210. The van der Waals surface area contributed by atoms with E-state index in [1.54, 1.807) is 32.9 Å². The van der Waals surface area contributed by atoms with E-state index in [1.165, 1.54) is 23.3 Å². The molecule has 0 saturated heterocycles. The second-order valence-corrected chi connectivity index (χ2v) is 9.96. The van der Waals surface area contributed by atoms with Crippen molar-refractivity contribution in [3.63, 3.8) is 0 Å². The molecule has 35 heavy (non-hydrogen) atoms. The van der Waals surface area contributed by atoms with Gasteiger partial charge in [0.15, 0.2) is 6.10 Å². The van der Waals surface area contributed by atoms with Gasteiger partial charge in [0.25, 0.3) is 5.91 Å². The summed E-state index contributed by atoms with van der Waals surface area (Å²) in [7, 11) is 0. The average molecular weight is 538 g/mol. The smallest absolute Gasteiger partial charge is 0.264 e. The van der Waals surface area contributed by atoms with Crippen molar-refractivity contribution >= 4 is 52.3 Å². The Labute approximate surface area is 220 Å². The van der Waals surface area contributed by atoms with E-state index in [0.29, 0.717) is 11.4 Å². The molecular formula is C26H27Cl3N2O4. The van der Waals surface area contributed by atoms with Gasteiger partial charge < -0.3 is 19.4 Å². The van der Waals surface area contributed by atoms with Gasteiger partial charge >= 0.3 is 0 Å². The first-order valence-electron chi connectivity index (χ1n) is 10.9. The number of aryl methyl sites for hydroxylation is 2. The third-order valence-electron chi connectivity index (χ3n) is 5.74. The van der Waals surface area contributed by atoms with Gasteiger partial charge in [-0.2, -0.15) is 0 Å². The number of hydrogen-bond acceptors (Lipinski definition) is 4. The number of benzene rings is 2. The highest BCUT2D eigenvalue weighted by Gasteiger charge is 2.41. The predicted molar refractivity (Wildman–Crippen MR) is 139 cm³/mol. The van der Waals surface area contributed by atoms with Crippen molar-refractivity contribution in [1.29, 1.82) is 0 Å². The van der Waals surface area contributed by atoms with Gasteiger partial charge in [-0.3, -0.25) is 9.59 Å². The molecule has 186 valence electrons. The second kappa shape index (κ2) is 10.9. The Balaban J connectivity index is 1.90. The maximum Gasteiger partial charge on any atom is 0.264 e. The molecule has 0 aliphatic carbocycles. The number of para-hydroxylation sites is 1. The van der Waals surface area contributed by atoms with Crippen LogP contribution in [-0.4, -0.2) is 28.4 Å². The van der Waals surface area contributed by atoms with Gasteiger partial charge in [0.1, 0.15) is 17.0 Å². The lowest BCUT2D eigenvalue weighted by Gasteiger charge is -2.38. The lowest BCUT2D eigenvalue weighted by molar-refractivity contribution is -0.150. The maximum atomic E-state index is 13.7. The molecule has 0 radical (unpaired) electrons. The van der Waals surface area contributed by atoms with E-state index in [9.17, 15) is 9.59 Å². The minimum Gasteiger partial charge on any atom is -0.479 e. The van der Waals surface area contributed by atoms with Crippen LogP contribution in [0.15, 0.2) is 53.1 Å². The van der Waals surface area contributed by atoms with E-state index >= 15 is 0 Å². The van der Waals surface area contributed by atoms with Crippen molar-refractivity contribution in [2.24, 2.45) is 0 Å². The lowest BCUT2D eigenvalue weighted by atomic mass is 9.98. The Morgan fingerprint density at radius 1 is 1.03 bits per heavy atom. The number of hydrogen-bond donors (Lipinski definition) is 1. The second-order valence-electron chi connectivity index (χ2n) is 8.74. The number of anilines is 1. The number of ether oxygens (including phenoxy) is 1. The molecule has 2 amide bonds. The summed E-state index contributed by atoms with van der Waals surface area (Å²) in [6.07, 6.45) is 0.518. The highest BCUT2D eigenvalue weighted by atomic mass is 35.5. The van der Waals surface area contributed by atoms with Crippen LogP contribution in [0.4, 0.5) is 5.69 Å². The van der Waals surface area contributed by atoms with Crippen molar-refractivity contribution in [3.8, 4) is 5.75 Å². The fourth-order valence-electron chi connectivity index (χ4n) is 3.57. The van der Waals surface area contributed by atoms with Gasteiger partial charge in [0, 0.05) is 11.8 Å². The fourth-order valence-corrected chi connectivity index (χ4v) is 4.15. The third kappa shape index (κ3) is 6.13. The first kappa shape index (κ1) is 26.9. The first-order chi connectivity index (χ1) is 16.4. The largest absolute Gasteiger partial charge is 0.479 e. The first-order valence-corrected chi connectivity index (χ1v) is 12.1. The van der Waals surface area contributed by atoms with Crippen LogP contribution in [0.3, 0.4) is 0 Å². The third-order valence-corrected chi connectivity index (χ3v) is 6.75. The summed E-state index contributed by atoms with van der Waals surface area (Å²) < 4.78 is 11.3. The molecule has 1 unspecified atom stereocenters. The average Bonchev–Trinajstić information content (AvgIpc) is 3.31. The van der Waals surface area contributed by atoms with Gasteiger partial charge in [-0.15, -0.1) is 0 Å². The van der Waals surface area contributed by atoms with Crippen LogP contribution in [0.1, 0.15) is 37.7 Å². The molecule has 0 spiro atoms. The Morgan fingerprint density at radius 2 is 1.66 bits per heavy atom. The van der Waals surface area contributed by atoms with Gasteiger partial charge in [-0.1, -0.05) is 53.0 Å². The van der Waals surface area contributed by atoms with Crippen LogP contribution in [0.25, 0.3) is 0 Å². The van der Waals surface area contributed by atoms with Crippen LogP contribution in [0.2, 0.25) is 15.1 Å². The molecule has 2 aromatic carbocycles. The summed E-state index contributed by atoms with van der Waals surface area (Å²) in [4.78, 5) is 28.6. The molecule has 3 rings (SSSR count). The SMILES string of the molecule is Cc1cccc(C)c1NC(=O)C(C)(C)N(Cc1ccco1)C(=O)C(C)Oc1cc(Cl)c(Cl)cc1Cl. The molecule has 0 fully saturated rings. The monoisotopic (exact) mass is 536 g/mol. The zero-order valence-electron chi connectivity index (χ0n) is 20.1. The summed E-state index contributed by atoms with van der Waals surface area (Å²) >= 11 is 18.3. The molecule has 1 aromatic heterocycles. The van der Waals surface area contributed by atoms with E-state index in [2.05, 4.69) is 5.32 Å². The summed E-state index contributed by atoms with van der Waals surface area (Å²) in [5.41, 5.74) is 1.29. The van der Waals surface area contributed by atoms with Crippen LogP contribution in [-0.2, 0) is 16.1 Å². The van der Waals surface area contributed by atoms with Crippen molar-refractivity contribution in [3.05, 3.63) is 80.7 Å². The molecule has 1 N–H and O–H groups in total. The number of carbonyl (C=O) groups is 2. The van der Waals surface area contributed by atoms with Crippen LogP contribution in [0, 0.1) is 13.8 Å². The number of amides is 2. The maximum absolute atomic E-state index is 13.7. The van der Waals surface area contributed by atoms with Crippen molar-refractivity contribution in [1.82, 2.24) is 4.90 Å². The highest BCUT2D eigenvalue weighted by molar-refractivity contribution is 6.43. The zero-order chi connectivity index (χ0) is 25.9. The normalized spacial score (nSPS) is 12.2. The summed E-state index contributed by atoms with van der Waals surface area (Å²) in [6, 6.07) is 12.1. The van der Waals surface area contributed by atoms with E-state index in [0.717, 1.165) is 11.1 Å². The summed E-state index contributed by atoms with van der Waals surface area (Å²) in [6.45, 7) is 8.82. The highest BCUT2D eigenvalue weighted by Crippen LogP contribution is 2.35. The van der Waals surface area contributed by atoms with Crippen LogP contribution >= 0.6 is 34.8 Å². The minimum absolute atomic E-state index is 0.0574. The van der Waals surface area contributed by atoms with E-state index in [1.807, 2.05) is 32.0 Å². The molecule has 0 aliphatic rings. The Kier molecular flexibility index (Phi) is 8.42.